The van der Waals surface area contributed by atoms with E-state index in [4.69, 9.17) is 9.40 Å². The molecule has 0 N–H and O–H groups in total. The van der Waals surface area contributed by atoms with E-state index < -0.39 is 39.0 Å². The monoisotopic (exact) mass is 834 g/mol. The summed E-state index contributed by atoms with van der Waals surface area (Å²) in [7, 11) is -3.56. The van der Waals surface area contributed by atoms with Crippen molar-refractivity contribution in [2.75, 3.05) is 0 Å². The van der Waals surface area contributed by atoms with Gasteiger partial charge in [0.1, 0.15) is 5.52 Å². The molecule has 0 bridgehead atoms. The maximum Gasteiger partial charge on any atom is 0.307 e. The number of hydrogen-bond acceptors (Lipinski definition) is 3. The van der Waals surface area contributed by atoms with Crippen LogP contribution in [0, 0.1) is 0 Å². The first-order valence-corrected chi connectivity index (χ1v) is 24.5. The number of imidazole rings is 1. The Hall–Kier alpha value is -5.62. The van der Waals surface area contributed by atoms with Gasteiger partial charge in [-0.25, -0.2) is 0 Å². The van der Waals surface area contributed by atoms with Crippen LogP contribution in [0.25, 0.3) is 39.1 Å². The summed E-state index contributed by atoms with van der Waals surface area (Å²) >= 11 is 1.46. The van der Waals surface area contributed by atoms with E-state index in [1.165, 1.54) is 11.8 Å². The highest BCUT2D eigenvalue weighted by Gasteiger charge is 2.46. The van der Waals surface area contributed by atoms with Crippen LogP contribution in [0.1, 0.15) is 110 Å². The quantitative estimate of drug-likeness (QED) is 0.118. The second-order valence-electron chi connectivity index (χ2n) is 17.1. The van der Waals surface area contributed by atoms with E-state index in [1.54, 1.807) is 18.2 Å². The van der Waals surface area contributed by atoms with Gasteiger partial charge in [0, 0.05) is 37.3 Å². The number of rotatable bonds is 7. The molecule has 2 fully saturated rings. The molecule has 0 unspecified atom stereocenters. The summed E-state index contributed by atoms with van der Waals surface area (Å²) < 4.78 is 83.4. The molecule has 2 aromatic heterocycles. The molecule has 2 aliphatic carbocycles. The third kappa shape index (κ3) is 5.66. The van der Waals surface area contributed by atoms with Gasteiger partial charge in [-0.3, -0.25) is 4.40 Å². The first-order chi connectivity index (χ1) is 33.2. The summed E-state index contributed by atoms with van der Waals surface area (Å²) in [5.74, 6) is -1.10. The molecule has 3 aliphatic rings. The van der Waals surface area contributed by atoms with Crippen LogP contribution in [-0.4, -0.2) is 17.5 Å². The zero-order valence-electron chi connectivity index (χ0n) is 41.9. The maximum atomic E-state index is 10.1. The van der Waals surface area contributed by atoms with Crippen molar-refractivity contribution < 1.29 is 15.4 Å². The van der Waals surface area contributed by atoms with Gasteiger partial charge in [-0.15, -0.1) is 0 Å². The SMILES string of the molecule is [2H]C1(c2ccc3c(nc4oc5c(C6([2H])CCCC6)cccc5n43)c2-c2cccc([Si](c3ccccc3)(c3ccccc3)c3cccc4c3Sc3ccccc3C4(C([2H])([2H])[2H])C([2H])([2H])[2H])c2)CCCC1. The van der Waals surface area contributed by atoms with Crippen LogP contribution >= 0.6 is 11.8 Å². The summed E-state index contributed by atoms with van der Waals surface area (Å²) in [5, 5.41) is 4.02. The molecular weight excluding hydrogens is 777 g/mol. The minimum absolute atomic E-state index is 0.285. The summed E-state index contributed by atoms with van der Waals surface area (Å²) in [6.07, 6.45) is 6.99. The van der Waals surface area contributed by atoms with E-state index in [0.717, 1.165) is 111 Å². The largest absolute Gasteiger partial charge is 0.423 e. The molecule has 12 rings (SSSR count). The standard InChI is InChI=1S/C56H50N2OSSi/c1-56(2)45-29-13-14-32-49(45)60-54-46(56)30-17-33-50(54)61(40-23-5-3-6-24-40,41-25-7-4-8-26-41)42-27-15-22-39(36-42)51-43(37-18-9-10-19-37)34-35-47-52(51)57-55-58(47)48-31-16-28-44(53(48)59-55)38-20-11-12-21-38/h3-8,13-17,22-38H,9-12,18-21H2,1-2H3/i1D3,2D3,37D,38D. The van der Waals surface area contributed by atoms with E-state index in [9.17, 15) is 11.0 Å². The highest BCUT2D eigenvalue weighted by molar-refractivity contribution is 7.99. The van der Waals surface area contributed by atoms with Gasteiger partial charge in [-0.05, 0) is 98.7 Å². The van der Waals surface area contributed by atoms with Crippen LogP contribution in [0.3, 0.4) is 0 Å². The van der Waals surface area contributed by atoms with Crippen molar-refractivity contribution >= 4 is 68.6 Å². The summed E-state index contributed by atoms with van der Waals surface area (Å²) in [6.45, 7) is -5.88. The summed E-state index contributed by atoms with van der Waals surface area (Å²) in [5.41, 5.74) is 5.05. The third-order valence-electron chi connectivity index (χ3n) is 13.7. The van der Waals surface area contributed by atoms with Crippen molar-refractivity contribution in [1.82, 2.24) is 9.38 Å². The highest BCUT2D eigenvalue weighted by Crippen LogP contribution is 2.49. The molecule has 61 heavy (non-hydrogen) atoms. The van der Waals surface area contributed by atoms with Crippen molar-refractivity contribution in [2.45, 2.75) is 92.1 Å². The maximum absolute atomic E-state index is 10.1. The predicted molar refractivity (Wildman–Crippen MR) is 257 cm³/mol. The number of hydrogen-bond donors (Lipinski definition) is 0. The van der Waals surface area contributed by atoms with E-state index in [-0.39, 0.29) is 11.1 Å². The fourth-order valence-corrected chi connectivity index (χ4v) is 17.6. The minimum Gasteiger partial charge on any atom is -0.423 e. The van der Waals surface area contributed by atoms with Crippen molar-refractivity contribution in [2.24, 2.45) is 0 Å². The Balaban J connectivity index is 1.16. The lowest BCUT2D eigenvalue weighted by atomic mass is 9.78. The third-order valence-corrected chi connectivity index (χ3v) is 19.9. The van der Waals surface area contributed by atoms with Crippen molar-refractivity contribution in [3.05, 3.63) is 180 Å². The zero-order chi connectivity index (χ0) is 47.6. The van der Waals surface area contributed by atoms with Crippen LogP contribution in [0.15, 0.2) is 172 Å². The molecular formula is C56H50N2OSSi. The molecule has 0 spiro atoms. The molecule has 0 amide bonds. The lowest BCUT2D eigenvalue weighted by Gasteiger charge is -2.41. The molecule has 1 aliphatic heterocycles. The lowest BCUT2D eigenvalue weighted by Crippen LogP contribution is -2.75. The van der Waals surface area contributed by atoms with E-state index >= 15 is 0 Å². The predicted octanol–water partition coefficient (Wildman–Crippen LogP) is 12.4. The van der Waals surface area contributed by atoms with Gasteiger partial charge in [0.05, 0.1) is 11.0 Å². The highest BCUT2D eigenvalue weighted by atomic mass is 32.2. The molecule has 2 saturated carbocycles. The molecule has 0 radical (unpaired) electrons. The van der Waals surface area contributed by atoms with Gasteiger partial charge >= 0.3 is 5.84 Å². The van der Waals surface area contributed by atoms with Crippen LogP contribution in [0.2, 0.25) is 0 Å². The first-order valence-electron chi connectivity index (χ1n) is 25.7. The van der Waals surface area contributed by atoms with Crippen LogP contribution in [0.5, 0.6) is 0 Å². The Labute approximate surface area is 375 Å². The van der Waals surface area contributed by atoms with Crippen molar-refractivity contribution in [1.29, 1.82) is 0 Å². The van der Waals surface area contributed by atoms with Gasteiger partial charge in [-0.1, -0.05) is 191 Å². The normalized spacial score (nSPS) is 20.1. The lowest BCUT2D eigenvalue weighted by molar-refractivity contribution is 0.608. The van der Waals surface area contributed by atoms with Crippen LogP contribution in [-0.2, 0) is 5.41 Å². The van der Waals surface area contributed by atoms with Crippen LogP contribution < -0.4 is 20.7 Å². The topological polar surface area (TPSA) is 30.4 Å². The second-order valence-corrected chi connectivity index (χ2v) is 21.9. The van der Waals surface area contributed by atoms with Crippen LogP contribution in [0.4, 0.5) is 0 Å². The minimum atomic E-state index is -3.56. The Morgan fingerprint density at radius 1 is 0.639 bits per heavy atom. The fourth-order valence-electron chi connectivity index (χ4n) is 10.9. The van der Waals surface area contributed by atoms with Crippen molar-refractivity contribution in [3.63, 3.8) is 0 Å². The smallest absolute Gasteiger partial charge is 0.307 e. The second kappa shape index (κ2) is 14.5. The number of benzene rings is 7. The van der Waals surface area contributed by atoms with Gasteiger partial charge in [0.15, 0.2) is 13.7 Å². The molecule has 3 heterocycles. The molecule has 3 nitrogen and oxygen atoms in total. The van der Waals surface area contributed by atoms with Gasteiger partial charge in [0.2, 0.25) is 0 Å². The summed E-state index contributed by atoms with van der Waals surface area (Å²) in [6, 6.07) is 52.6. The number of fused-ring (bicyclic) bond motifs is 7. The Bertz CT molecular complexity index is 3410. The van der Waals surface area contributed by atoms with E-state index in [0.29, 0.717) is 21.2 Å². The van der Waals surface area contributed by atoms with Crippen molar-refractivity contribution in [3.8, 4) is 11.1 Å². The number of oxazole rings is 1. The Kier molecular flexibility index (Phi) is 7.03. The Morgan fingerprint density at radius 3 is 2.02 bits per heavy atom. The first kappa shape index (κ1) is 29.6. The van der Waals surface area contributed by atoms with Gasteiger partial charge < -0.3 is 4.42 Å². The average Bonchev–Trinajstić information content (AvgIpc) is 4.16. The molecule has 300 valence electrons. The molecule has 0 atom stereocenters. The molecule has 0 saturated heterocycles. The Morgan fingerprint density at radius 2 is 1.28 bits per heavy atom. The fraction of sp³-hybridized carbons (Fsp3) is 0.232. The zero-order valence-corrected chi connectivity index (χ0v) is 35.7. The molecule has 9 aromatic rings. The van der Waals surface area contributed by atoms with Gasteiger partial charge in [0.25, 0.3) is 0 Å². The number of aromatic nitrogens is 2. The summed E-state index contributed by atoms with van der Waals surface area (Å²) in [4.78, 5) is 6.61. The van der Waals surface area contributed by atoms with E-state index in [1.807, 2.05) is 66.7 Å². The number of nitrogens with zero attached hydrogens (tertiary/aromatic N) is 2. The molecule has 7 aromatic carbocycles. The van der Waals surface area contributed by atoms with E-state index in [2.05, 4.69) is 77.2 Å². The molecule has 5 heteroatoms. The average molecular weight is 835 g/mol. The van der Waals surface area contributed by atoms with Gasteiger partial charge in [-0.2, -0.15) is 4.98 Å². The number of para-hydroxylation sites is 1.